The summed E-state index contributed by atoms with van der Waals surface area (Å²) in [7, 11) is 0. The molecule has 0 aliphatic heterocycles. The van der Waals surface area contributed by atoms with Crippen molar-refractivity contribution in [1.29, 1.82) is 5.26 Å². The van der Waals surface area contributed by atoms with E-state index in [0.717, 1.165) is 48.3 Å². The Hall–Kier alpha value is -0.770. The summed E-state index contributed by atoms with van der Waals surface area (Å²) in [6.45, 7) is 12.6. The number of hydrogen-bond donors (Lipinski definition) is 0. The maximum absolute atomic E-state index is 9.45. The summed E-state index contributed by atoms with van der Waals surface area (Å²) in [6.07, 6.45) is 17.5. The minimum atomic E-state index is 0.280. The van der Waals surface area contributed by atoms with E-state index in [0.29, 0.717) is 10.8 Å². The maximum atomic E-state index is 9.45. The number of hydrogen-bond acceptors (Lipinski definition) is 1. The van der Waals surface area contributed by atoms with E-state index >= 15 is 0 Å². The van der Waals surface area contributed by atoms with Crippen molar-refractivity contribution in [2.24, 2.45) is 52.3 Å². The van der Waals surface area contributed by atoms with E-state index in [2.05, 4.69) is 46.8 Å². The molecule has 3 fully saturated rings. The highest BCUT2D eigenvalue weighted by Crippen LogP contribution is 2.67. The van der Waals surface area contributed by atoms with Gasteiger partial charge in [0.25, 0.3) is 0 Å². The Balaban J connectivity index is 1.49. The zero-order chi connectivity index (χ0) is 20.8. The van der Waals surface area contributed by atoms with E-state index in [4.69, 9.17) is 0 Å². The van der Waals surface area contributed by atoms with Crippen molar-refractivity contribution in [3.05, 3.63) is 11.6 Å². The highest BCUT2D eigenvalue weighted by atomic mass is 14.6. The standard InChI is InChI=1S/C28H45N/c1-19(2)7-6-8-20(3)24-11-12-25-23-10-9-22-17-21(18-29)13-15-27(22,4)26(23)14-16-28(24,25)5/h9,19-21,23-26H,6-8,10-17H2,1-5H3/t20-,21-,23+,24-,25+,26+,27+,28-/m1/s1. The van der Waals surface area contributed by atoms with Crippen LogP contribution in [0.4, 0.5) is 0 Å². The van der Waals surface area contributed by atoms with E-state index < -0.39 is 0 Å². The molecular weight excluding hydrogens is 350 g/mol. The van der Waals surface area contributed by atoms with Gasteiger partial charge in [-0.05, 0) is 97.7 Å². The highest BCUT2D eigenvalue weighted by molar-refractivity contribution is 5.26. The summed E-state index contributed by atoms with van der Waals surface area (Å²) < 4.78 is 0. The third-order valence-corrected chi connectivity index (χ3v) is 10.5. The zero-order valence-corrected chi connectivity index (χ0v) is 19.8. The van der Waals surface area contributed by atoms with E-state index in [1.54, 1.807) is 5.57 Å². The van der Waals surface area contributed by atoms with Gasteiger partial charge in [-0.2, -0.15) is 5.26 Å². The van der Waals surface area contributed by atoms with Crippen LogP contribution in [-0.2, 0) is 0 Å². The molecule has 0 aromatic heterocycles. The summed E-state index contributed by atoms with van der Waals surface area (Å²) in [6, 6.07) is 2.57. The third kappa shape index (κ3) is 3.62. The van der Waals surface area contributed by atoms with Gasteiger partial charge in [-0.1, -0.05) is 65.5 Å². The Labute approximate surface area is 180 Å². The van der Waals surface area contributed by atoms with Crippen molar-refractivity contribution in [2.75, 3.05) is 0 Å². The van der Waals surface area contributed by atoms with Gasteiger partial charge in [0.1, 0.15) is 0 Å². The van der Waals surface area contributed by atoms with Crippen molar-refractivity contribution in [3.63, 3.8) is 0 Å². The molecular formula is C28H45N. The lowest BCUT2D eigenvalue weighted by Gasteiger charge is -2.58. The summed E-state index contributed by atoms with van der Waals surface area (Å²) in [5, 5.41) is 9.45. The van der Waals surface area contributed by atoms with E-state index in [1.807, 2.05) is 0 Å². The van der Waals surface area contributed by atoms with Gasteiger partial charge in [-0.3, -0.25) is 0 Å². The second-order valence-corrected chi connectivity index (χ2v) is 12.4. The van der Waals surface area contributed by atoms with Crippen LogP contribution in [0.3, 0.4) is 0 Å². The average molecular weight is 396 g/mol. The summed E-state index contributed by atoms with van der Waals surface area (Å²) in [5.41, 5.74) is 2.65. The Morgan fingerprint density at radius 1 is 1.03 bits per heavy atom. The van der Waals surface area contributed by atoms with Crippen LogP contribution in [0.2, 0.25) is 0 Å². The Morgan fingerprint density at radius 3 is 2.55 bits per heavy atom. The quantitative estimate of drug-likeness (QED) is 0.431. The zero-order valence-electron chi connectivity index (χ0n) is 19.8. The summed E-state index contributed by atoms with van der Waals surface area (Å²) >= 11 is 0. The SMILES string of the molecule is CC(C)CCC[C@@H](C)[C@H]1CC[C@H]2[C@@H]3CC=C4C[C@H](C#N)CC[C@]4(C)[C@H]3CC[C@]12C. The molecule has 0 aromatic rings. The fourth-order valence-corrected chi connectivity index (χ4v) is 8.80. The van der Waals surface area contributed by atoms with Gasteiger partial charge < -0.3 is 0 Å². The Morgan fingerprint density at radius 2 is 1.83 bits per heavy atom. The average Bonchev–Trinajstić information content (AvgIpc) is 3.04. The molecule has 3 saturated carbocycles. The van der Waals surface area contributed by atoms with Crippen LogP contribution in [0.1, 0.15) is 105 Å². The molecule has 0 aromatic carbocycles. The highest BCUT2D eigenvalue weighted by Gasteiger charge is 2.59. The number of allylic oxidation sites excluding steroid dienone is 2. The number of nitrogens with zero attached hydrogens (tertiary/aromatic N) is 1. The predicted octanol–water partition coefficient (Wildman–Crippen LogP) is 8.17. The smallest absolute Gasteiger partial charge is 0.0659 e. The van der Waals surface area contributed by atoms with Crippen LogP contribution < -0.4 is 0 Å². The fraction of sp³-hybridized carbons (Fsp3) is 0.893. The summed E-state index contributed by atoms with van der Waals surface area (Å²) in [4.78, 5) is 0. The van der Waals surface area contributed by atoms with Gasteiger partial charge >= 0.3 is 0 Å². The van der Waals surface area contributed by atoms with Crippen LogP contribution in [0, 0.1) is 63.6 Å². The third-order valence-electron chi connectivity index (χ3n) is 10.5. The lowest BCUT2D eigenvalue weighted by molar-refractivity contribution is -0.0515. The van der Waals surface area contributed by atoms with Gasteiger partial charge in [0.15, 0.2) is 0 Å². The van der Waals surface area contributed by atoms with E-state index in [1.165, 1.54) is 57.8 Å². The molecule has 4 rings (SSSR count). The van der Waals surface area contributed by atoms with Crippen molar-refractivity contribution >= 4 is 0 Å². The summed E-state index contributed by atoms with van der Waals surface area (Å²) in [5.74, 6) is 5.73. The van der Waals surface area contributed by atoms with Crippen LogP contribution in [-0.4, -0.2) is 0 Å². The predicted molar refractivity (Wildman–Crippen MR) is 122 cm³/mol. The number of fused-ring (bicyclic) bond motifs is 5. The Bertz CT molecular complexity index is 668. The maximum Gasteiger partial charge on any atom is 0.0659 e. The fourth-order valence-electron chi connectivity index (χ4n) is 8.80. The van der Waals surface area contributed by atoms with Crippen molar-refractivity contribution in [1.82, 2.24) is 0 Å². The molecule has 0 unspecified atom stereocenters. The first-order valence-electron chi connectivity index (χ1n) is 12.9. The minimum absolute atomic E-state index is 0.280. The van der Waals surface area contributed by atoms with Crippen LogP contribution in [0.5, 0.6) is 0 Å². The Kier molecular flexibility index (Phi) is 5.96. The second-order valence-electron chi connectivity index (χ2n) is 12.4. The molecule has 0 radical (unpaired) electrons. The van der Waals surface area contributed by atoms with Crippen LogP contribution >= 0.6 is 0 Å². The topological polar surface area (TPSA) is 23.8 Å². The van der Waals surface area contributed by atoms with Crippen LogP contribution in [0.25, 0.3) is 0 Å². The molecule has 4 aliphatic rings. The lowest BCUT2D eigenvalue weighted by atomic mass is 9.46. The van der Waals surface area contributed by atoms with Gasteiger partial charge in [-0.15, -0.1) is 0 Å². The minimum Gasteiger partial charge on any atom is -0.198 e. The molecule has 4 aliphatic carbocycles. The van der Waals surface area contributed by atoms with E-state index in [-0.39, 0.29) is 5.92 Å². The largest absolute Gasteiger partial charge is 0.198 e. The lowest BCUT2D eigenvalue weighted by Crippen LogP contribution is -2.50. The first-order chi connectivity index (χ1) is 13.8. The first-order valence-corrected chi connectivity index (χ1v) is 12.9. The second kappa shape index (κ2) is 8.05. The van der Waals surface area contributed by atoms with Crippen LogP contribution in [0.15, 0.2) is 11.6 Å². The van der Waals surface area contributed by atoms with Crippen molar-refractivity contribution < 1.29 is 0 Å². The normalized spacial score (nSPS) is 45.0. The van der Waals surface area contributed by atoms with Gasteiger partial charge in [0, 0.05) is 0 Å². The molecule has 0 spiro atoms. The molecule has 162 valence electrons. The molecule has 0 saturated heterocycles. The molecule has 1 heteroatoms. The molecule has 1 nitrogen and oxygen atoms in total. The van der Waals surface area contributed by atoms with Crippen molar-refractivity contribution in [2.45, 2.75) is 105 Å². The first kappa shape index (κ1) is 21.5. The van der Waals surface area contributed by atoms with Gasteiger partial charge in [-0.25, -0.2) is 0 Å². The molecule has 0 heterocycles. The molecule has 8 atom stereocenters. The molecule has 0 bridgehead atoms. The van der Waals surface area contributed by atoms with Gasteiger partial charge in [0.05, 0.1) is 12.0 Å². The molecule has 0 N–H and O–H groups in total. The van der Waals surface area contributed by atoms with Crippen molar-refractivity contribution in [3.8, 4) is 6.07 Å². The number of nitriles is 1. The number of rotatable bonds is 5. The molecule has 29 heavy (non-hydrogen) atoms. The monoisotopic (exact) mass is 395 g/mol. The van der Waals surface area contributed by atoms with E-state index in [9.17, 15) is 5.26 Å². The molecule has 0 amide bonds. The van der Waals surface area contributed by atoms with Gasteiger partial charge in [0.2, 0.25) is 0 Å².